The zero-order chi connectivity index (χ0) is 12.7. The van der Waals surface area contributed by atoms with Gasteiger partial charge in [0.2, 0.25) is 0 Å². The number of aromatic nitrogens is 3. The highest BCUT2D eigenvalue weighted by Gasteiger charge is 2.14. The molecule has 0 unspecified atom stereocenters. The number of rotatable bonds is 1. The van der Waals surface area contributed by atoms with Crippen LogP contribution in [0.2, 0.25) is 5.02 Å². The Morgan fingerprint density at radius 2 is 2.00 bits per heavy atom. The fourth-order valence-corrected chi connectivity index (χ4v) is 2.00. The number of hydrogen-bond donors (Lipinski definition) is 2. The quantitative estimate of drug-likeness (QED) is 0.708. The number of imidazole rings is 1. The van der Waals surface area contributed by atoms with Gasteiger partial charge in [0, 0.05) is 0 Å². The molecule has 0 spiro atoms. The van der Waals surface area contributed by atoms with Gasteiger partial charge in [-0.3, -0.25) is 0 Å². The molecule has 0 aliphatic heterocycles. The average molecular weight is 263 g/mol. The number of aromatic amines is 1. The van der Waals surface area contributed by atoms with E-state index in [2.05, 4.69) is 15.0 Å². The van der Waals surface area contributed by atoms with Crippen LogP contribution >= 0.6 is 11.6 Å². The molecule has 90 valence electrons. The summed E-state index contributed by atoms with van der Waals surface area (Å²) in [6.45, 7) is 0. The molecule has 0 radical (unpaired) electrons. The highest BCUT2D eigenvalue weighted by molar-refractivity contribution is 6.33. The van der Waals surface area contributed by atoms with E-state index in [-0.39, 0.29) is 5.56 Å². The van der Waals surface area contributed by atoms with Crippen LogP contribution in [0.4, 0.5) is 10.2 Å². The third kappa shape index (κ3) is 1.69. The zero-order valence-electron chi connectivity index (χ0n) is 9.11. The van der Waals surface area contributed by atoms with Gasteiger partial charge in [0.25, 0.3) is 0 Å². The van der Waals surface area contributed by atoms with Crippen LogP contribution in [0.15, 0.2) is 30.3 Å². The second kappa shape index (κ2) is 3.96. The Kier molecular flexibility index (Phi) is 2.41. The van der Waals surface area contributed by atoms with Crippen LogP contribution in [0.5, 0.6) is 0 Å². The summed E-state index contributed by atoms with van der Waals surface area (Å²) in [5.41, 5.74) is 6.91. The number of nitrogen functional groups attached to an aromatic ring is 1. The van der Waals surface area contributed by atoms with Gasteiger partial charge in [-0.05, 0) is 24.3 Å². The van der Waals surface area contributed by atoms with Crippen molar-refractivity contribution >= 4 is 28.6 Å². The standard InChI is InChI=1S/C12H8ClFN4/c13-6-2-1-3-7(14)10(6)12-16-8-4-5-9(15)17-11(8)18-12/h1-5H,(H3,15,16,17,18). The van der Waals surface area contributed by atoms with Gasteiger partial charge in [-0.25, -0.2) is 14.4 Å². The Hall–Kier alpha value is -2.14. The number of nitrogens with zero attached hydrogens (tertiary/aromatic N) is 2. The number of H-pyrrole nitrogens is 1. The fourth-order valence-electron chi connectivity index (χ4n) is 1.75. The molecule has 0 saturated carbocycles. The smallest absolute Gasteiger partial charge is 0.180 e. The summed E-state index contributed by atoms with van der Waals surface area (Å²) in [6, 6.07) is 7.86. The van der Waals surface area contributed by atoms with E-state index >= 15 is 0 Å². The number of fused-ring (bicyclic) bond motifs is 1. The first-order chi connectivity index (χ1) is 8.65. The van der Waals surface area contributed by atoms with Gasteiger partial charge >= 0.3 is 0 Å². The number of anilines is 1. The number of nitrogens with two attached hydrogens (primary N) is 1. The van der Waals surface area contributed by atoms with Crippen molar-refractivity contribution in [3.8, 4) is 11.4 Å². The maximum Gasteiger partial charge on any atom is 0.180 e. The number of halogens is 2. The Morgan fingerprint density at radius 1 is 1.17 bits per heavy atom. The third-order valence-corrected chi connectivity index (χ3v) is 2.88. The van der Waals surface area contributed by atoms with E-state index in [1.807, 2.05) is 0 Å². The van der Waals surface area contributed by atoms with Gasteiger partial charge in [-0.1, -0.05) is 17.7 Å². The molecule has 4 nitrogen and oxygen atoms in total. The normalized spacial score (nSPS) is 11.0. The van der Waals surface area contributed by atoms with Crippen molar-refractivity contribution in [2.75, 3.05) is 5.73 Å². The molecule has 0 aliphatic carbocycles. The molecule has 6 heteroatoms. The lowest BCUT2D eigenvalue weighted by Crippen LogP contribution is -1.89. The van der Waals surface area contributed by atoms with Crippen LogP contribution in [0.3, 0.4) is 0 Å². The summed E-state index contributed by atoms with van der Waals surface area (Å²) in [5.74, 6) is 0.265. The second-order valence-electron chi connectivity index (χ2n) is 3.79. The predicted octanol–water partition coefficient (Wildman–Crippen LogP) is 3.00. The van der Waals surface area contributed by atoms with Gasteiger partial charge < -0.3 is 10.7 Å². The molecular formula is C12H8ClFN4. The minimum atomic E-state index is -0.436. The molecule has 0 saturated heterocycles. The van der Waals surface area contributed by atoms with Crippen LogP contribution in [0.25, 0.3) is 22.6 Å². The van der Waals surface area contributed by atoms with E-state index in [0.717, 1.165) is 0 Å². The molecule has 0 atom stereocenters. The first-order valence-corrected chi connectivity index (χ1v) is 5.59. The molecule has 2 heterocycles. The van der Waals surface area contributed by atoms with Crippen molar-refractivity contribution in [3.63, 3.8) is 0 Å². The SMILES string of the molecule is Nc1ccc2[nH]c(-c3c(F)cccc3Cl)nc2n1. The van der Waals surface area contributed by atoms with Crippen molar-refractivity contribution < 1.29 is 4.39 Å². The fraction of sp³-hybridized carbons (Fsp3) is 0. The number of benzene rings is 1. The number of hydrogen-bond acceptors (Lipinski definition) is 3. The maximum atomic E-state index is 13.8. The van der Waals surface area contributed by atoms with Gasteiger partial charge in [-0.2, -0.15) is 0 Å². The van der Waals surface area contributed by atoms with E-state index in [1.165, 1.54) is 6.07 Å². The van der Waals surface area contributed by atoms with Crippen LogP contribution in [0, 0.1) is 5.82 Å². The monoisotopic (exact) mass is 262 g/mol. The van der Waals surface area contributed by atoms with E-state index in [0.29, 0.717) is 27.8 Å². The Bertz CT molecular complexity index is 718. The topological polar surface area (TPSA) is 67.6 Å². The van der Waals surface area contributed by atoms with Crippen molar-refractivity contribution in [1.29, 1.82) is 0 Å². The zero-order valence-corrected chi connectivity index (χ0v) is 9.87. The minimum Gasteiger partial charge on any atom is -0.384 e. The summed E-state index contributed by atoms with van der Waals surface area (Å²) in [5, 5.41) is 0.294. The van der Waals surface area contributed by atoms with Crippen molar-refractivity contribution in [1.82, 2.24) is 15.0 Å². The largest absolute Gasteiger partial charge is 0.384 e. The van der Waals surface area contributed by atoms with Crippen molar-refractivity contribution in [3.05, 3.63) is 41.2 Å². The molecule has 3 rings (SSSR count). The van der Waals surface area contributed by atoms with Crippen LogP contribution in [-0.2, 0) is 0 Å². The Balaban J connectivity index is 2.26. The lowest BCUT2D eigenvalue weighted by molar-refractivity contribution is 0.630. The molecule has 0 bridgehead atoms. The summed E-state index contributed by atoms with van der Waals surface area (Å²) in [7, 11) is 0. The molecule has 2 aromatic heterocycles. The first-order valence-electron chi connectivity index (χ1n) is 5.22. The van der Waals surface area contributed by atoms with E-state index in [1.54, 1.807) is 24.3 Å². The molecule has 0 amide bonds. The number of pyridine rings is 1. The molecule has 18 heavy (non-hydrogen) atoms. The van der Waals surface area contributed by atoms with Crippen LogP contribution < -0.4 is 5.73 Å². The summed E-state index contributed by atoms with van der Waals surface area (Å²) >= 11 is 5.98. The van der Waals surface area contributed by atoms with Crippen molar-refractivity contribution in [2.24, 2.45) is 0 Å². The molecule has 0 fully saturated rings. The Labute approximate surface area is 107 Å². The highest BCUT2D eigenvalue weighted by Crippen LogP contribution is 2.29. The highest BCUT2D eigenvalue weighted by atomic mass is 35.5. The van der Waals surface area contributed by atoms with Gasteiger partial charge in [0.05, 0.1) is 16.1 Å². The second-order valence-corrected chi connectivity index (χ2v) is 4.20. The van der Waals surface area contributed by atoms with Crippen LogP contribution in [-0.4, -0.2) is 15.0 Å². The van der Waals surface area contributed by atoms with Crippen LogP contribution in [0.1, 0.15) is 0 Å². The molecule has 1 aromatic carbocycles. The third-order valence-electron chi connectivity index (χ3n) is 2.57. The van der Waals surface area contributed by atoms with E-state index in [9.17, 15) is 4.39 Å². The molecule has 3 aromatic rings. The van der Waals surface area contributed by atoms with E-state index in [4.69, 9.17) is 17.3 Å². The molecular weight excluding hydrogens is 255 g/mol. The molecule has 3 N–H and O–H groups in total. The van der Waals surface area contributed by atoms with Gasteiger partial charge in [-0.15, -0.1) is 0 Å². The summed E-state index contributed by atoms with van der Waals surface area (Å²) in [4.78, 5) is 11.2. The summed E-state index contributed by atoms with van der Waals surface area (Å²) < 4.78 is 13.8. The van der Waals surface area contributed by atoms with Crippen molar-refractivity contribution in [2.45, 2.75) is 0 Å². The molecule has 0 aliphatic rings. The summed E-state index contributed by atoms with van der Waals surface area (Å²) in [6.07, 6.45) is 0. The maximum absolute atomic E-state index is 13.8. The van der Waals surface area contributed by atoms with Gasteiger partial charge in [0.15, 0.2) is 5.65 Å². The lowest BCUT2D eigenvalue weighted by Gasteiger charge is -2.01. The Morgan fingerprint density at radius 3 is 2.78 bits per heavy atom. The average Bonchev–Trinajstić information content (AvgIpc) is 2.71. The first kappa shape index (κ1) is 11.0. The minimum absolute atomic E-state index is 0.232. The van der Waals surface area contributed by atoms with Gasteiger partial charge in [0.1, 0.15) is 17.5 Å². The number of nitrogens with one attached hydrogen (secondary N) is 1. The lowest BCUT2D eigenvalue weighted by atomic mass is 10.2. The van der Waals surface area contributed by atoms with E-state index < -0.39 is 5.82 Å². The predicted molar refractivity (Wildman–Crippen MR) is 68.7 cm³/mol.